The Bertz CT molecular complexity index is 636. The summed E-state index contributed by atoms with van der Waals surface area (Å²) in [6, 6.07) is 9.61. The van der Waals surface area contributed by atoms with Crippen molar-refractivity contribution in [3.63, 3.8) is 0 Å². The number of carboxylic acid groups (broad SMARTS) is 1. The summed E-state index contributed by atoms with van der Waals surface area (Å²) in [6.45, 7) is 3.37. The maximum Gasteiger partial charge on any atom is 0.490 e. The third kappa shape index (κ3) is 7.01. The summed E-state index contributed by atoms with van der Waals surface area (Å²) >= 11 is 0. The number of carbonyl (C=O) groups excluding carboxylic acids is 1. The van der Waals surface area contributed by atoms with Crippen molar-refractivity contribution in [1.29, 1.82) is 0 Å². The minimum atomic E-state index is -5.08. The van der Waals surface area contributed by atoms with Crippen LogP contribution in [0.4, 0.5) is 13.2 Å². The maximum atomic E-state index is 12.5. The number of nitrogens with one attached hydrogen (secondary N) is 1. The normalized spacial score (nSPS) is 22.6. The average Bonchev–Trinajstić information content (AvgIpc) is 2.69. The molecule has 1 aromatic carbocycles. The van der Waals surface area contributed by atoms with Gasteiger partial charge in [-0.2, -0.15) is 13.2 Å². The number of benzene rings is 1. The van der Waals surface area contributed by atoms with Crippen molar-refractivity contribution in [1.82, 2.24) is 10.2 Å². The summed E-state index contributed by atoms with van der Waals surface area (Å²) < 4.78 is 43.1. The average molecular weight is 404 g/mol. The van der Waals surface area contributed by atoms with Crippen LogP contribution in [0, 0.1) is 0 Å². The molecule has 1 amide bonds. The van der Waals surface area contributed by atoms with Crippen molar-refractivity contribution in [2.45, 2.75) is 31.2 Å². The standard InChI is InChI=1S/C16H22N2O3.C2HF3O2/c19-16(15-12-20-10-8-17-15)18-9-4-7-14(11-18)21-13-5-2-1-3-6-13;3-2(4,5)1(6)7/h1-3,5-6,14-15,17H,4,7-12H2;(H,6,7). The molecule has 2 saturated heterocycles. The molecule has 0 aliphatic carbocycles. The number of carboxylic acids is 1. The lowest BCUT2D eigenvalue weighted by atomic mass is 10.1. The lowest BCUT2D eigenvalue weighted by Crippen LogP contribution is -2.55. The molecule has 10 heteroatoms. The molecule has 2 heterocycles. The highest BCUT2D eigenvalue weighted by Crippen LogP contribution is 2.19. The number of ether oxygens (including phenoxy) is 2. The monoisotopic (exact) mass is 404 g/mol. The van der Waals surface area contributed by atoms with Crippen LogP contribution in [-0.2, 0) is 14.3 Å². The molecule has 0 spiro atoms. The van der Waals surface area contributed by atoms with Crippen LogP contribution in [0.2, 0.25) is 0 Å². The van der Waals surface area contributed by atoms with Crippen molar-refractivity contribution in [3.8, 4) is 5.75 Å². The van der Waals surface area contributed by atoms with Gasteiger partial charge in [0.05, 0.1) is 19.8 Å². The Morgan fingerprint density at radius 2 is 1.93 bits per heavy atom. The van der Waals surface area contributed by atoms with Gasteiger partial charge in [-0.15, -0.1) is 0 Å². The molecule has 2 N–H and O–H groups in total. The molecule has 2 fully saturated rings. The first kappa shape index (κ1) is 22.0. The summed E-state index contributed by atoms with van der Waals surface area (Å²) in [5, 5.41) is 10.3. The van der Waals surface area contributed by atoms with E-state index in [9.17, 15) is 18.0 Å². The predicted octanol–water partition coefficient (Wildman–Crippen LogP) is 1.68. The summed E-state index contributed by atoms with van der Waals surface area (Å²) in [6.07, 6.45) is -3.03. The molecule has 7 nitrogen and oxygen atoms in total. The van der Waals surface area contributed by atoms with E-state index in [1.165, 1.54) is 0 Å². The fourth-order valence-corrected chi connectivity index (χ4v) is 2.87. The zero-order chi connectivity index (χ0) is 20.6. The second-order valence-corrected chi connectivity index (χ2v) is 6.36. The Balaban J connectivity index is 0.000000345. The van der Waals surface area contributed by atoms with Crippen LogP contribution in [0.1, 0.15) is 12.8 Å². The number of halogens is 3. The number of amides is 1. The van der Waals surface area contributed by atoms with Crippen LogP contribution < -0.4 is 10.1 Å². The van der Waals surface area contributed by atoms with Gasteiger partial charge < -0.3 is 24.8 Å². The minimum absolute atomic E-state index is 0.0783. The van der Waals surface area contributed by atoms with Crippen LogP contribution in [0.3, 0.4) is 0 Å². The number of alkyl halides is 3. The van der Waals surface area contributed by atoms with Gasteiger partial charge in [-0.25, -0.2) is 4.79 Å². The van der Waals surface area contributed by atoms with E-state index in [1.54, 1.807) is 0 Å². The van der Waals surface area contributed by atoms with E-state index < -0.39 is 12.1 Å². The summed E-state index contributed by atoms with van der Waals surface area (Å²) in [5.41, 5.74) is 0. The molecule has 1 aromatic rings. The highest BCUT2D eigenvalue weighted by molar-refractivity contribution is 5.82. The Labute approximate surface area is 160 Å². The van der Waals surface area contributed by atoms with Crippen molar-refractivity contribution < 1.29 is 37.3 Å². The molecule has 2 aliphatic rings. The molecule has 0 bridgehead atoms. The number of hydrogen-bond acceptors (Lipinski definition) is 5. The Hall–Kier alpha value is -2.33. The van der Waals surface area contributed by atoms with Gasteiger partial charge in [-0.1, -0.05) is 18.2 Å². The molecule has 0 saturated carbocycles. The van der Waals surface area contributed by atoms with Gasteiger partial charge in [-0.05, 0) is 25.0 Å². The number of nitrogens with zero attached hydrogens (tertiary/aromatic N) is 1. The molecular formula is C18H23F3N2O5. The zero-order valence-electron chi connectivity index (χ0n) is 15.2. The van der Waals surface area contributed by atoms with E-state index >= 15 is 0 Å². The molecule has 3 rings (SSSR count). The van der Waals surface area contributed by atoms with Crippen molar-refractivity contribution in [2.24, 2.45) is 0 Å². The molecule has 2 atom stereocenters. The molecule has 0 aromatic heterocycles. The first-order valence-corrected chi connectivity index (χ1v) is 8.89. The van der Waals surface area contributed by atoms with Crippen molar-refractivity contribution in [2.75, 3.05) is 32.8 Å². The van der Waals surface area contributed by atoms with Gasteiger partial charge in [0.25, 0.3) is 0 Å². The van der Waals surface area contributed by atoms with Gasteiger partial charge in [0.15, 0.2) is 0 Å². The molecule has 2 aliphatic heterocycles. The number of morpholine rings is 1. The van der Waals surface area contributed by atoms with E-state index in [4.69, 9.17) is 19.4 Å². The van der Waals surface area contributed by atoms with E-state index in [1.807, 2.05) is 35.2 Å². The van der Waals surface area contributed by atoms with Gasteiger partial charge in [0.2, 0.25) is 5.91 Å². The van der Waals surface area contributed by atoms with Crippen LogP contribution in [0.25, 0.3) is 0 Å². The van der Waals surface area contributed by atoms with Gasteiger partial charge in [0, 0.05) is 13.1 Å². The third-order valence-electron chi connectivity index (χ3n) is 4.20. The number of carbonyl (C=O) groups is 2. The smallest absolute Gasteiger partial charge is 0.489 e. The number of rotatable bonds is 3. The summed E-state index contributed by atoms with van der Waals surface area (Å²) in [4.78, 5) is 23.3. The highest BCUT2D eigenvalue weighted by atomic mass is 19.4. The van der Waals surface area contributed by atoms with Gasteiger partial charge in [-0.3, -0.25) is 4.79 Å². The fourth-order valence-electron chi connectivity index (χ4n) is 2.87. The topological polar surface area (TPSA) is 88.1 Å². The van der Waals surface area contributed by atoms with E-state index in [0.717, 1.165) is 31.7 Å². The van der Waals surface area contributed by atoms with Crippen LogP contribution in [-0.4, -0.2) is 73.1 Å². The summed E-state index contributed by atoms with van der Waals surface area (Å²) in [7, 11) is 0. The molecule has 2 unspecified atom stereocenters. The first-order chi connectivity index (χ1) is 13.3. The lowest BCUT2D eigenvalue weighted by molar-refractivity contribution is -0.192. The molecule has 28 heavy (non-hydrogen) atoms. The van der Waals surface area contributed by atoms with Crippen LogP contribution >= 0.6 is 0 Å². The third-order valence-corrected chi connectivity index (χ3v) is 4.20. The molecule has 0 radical (unpaired) electrons. The largest absolute Gasteiger partial charge is 0.490 e. The van der Waals surface area contributed by atoms with Crippen molar-refractivity contribution >= 4 is 11.9 Å². The number of aliphatic carboxylic acids is 1. The fraction of sp³-hybridized carbons (Fsp3) is 0.556. The highest BCUT2D eigenvalue weighted by Gasteiger charge is 2.38. The number of likely N-dealkylation sites (tertiary alicyclic amines) is 1. The number of piperidine rings is 1. The molecule has 156 valence electrons. The number of hydrogen-bond donors (Lipinski definition) is 2. The van der Waals surface area contributed by atoms with Gasteiger partial charge in [0.1, 0.15) is 17.9 Å². The second-order valence-electron chi connectivity index (χ2n) is 6.36. The van der Waals surface area contributed by atoms with Crippen molar-refractivity contribution in [3.05, 3.63) is 30.3 Å². The Morgan fingerprint density at radius 1 is 1.25 bits per heavy atom. The van der Waals surface area contributed by atoms with E-state index in [0.29, 0.717) is 19.8 Å². The van der Waals surface area contributed by atoms with Gasteiger partial charge >= 0.3 is 12.1 Å². The minimum Gasteiger partial charge on any atom is -0.489 e. The van der Waals surface area contributed by atoms with Crippen LogP contribution in [0.15, 0.2) is 30.3 Å². The maximum absolute atomic E-state index is 12.5. The lowest BCUT2D eigenvalue weighted by Gasteiger charge is -2.36. The summed E-state index contributed by atoms with van der Waals surface area (Å²) in [5.74, 6) is -1.75. The van der Waals surface area contributed by atoms with E-state index in [-0.39, 0.29) is 18.1 Å². The van der Waals surface area contributed by atoms with E-state index in [2.05, 4.69) is 5.32 Å². The Kier molecular flexibility index (Phi) is 8.06. The Morgan fingerprint density at radius 3 is 2.50 bits per heavy atom. The second kappa shape index (κ2) is 10.3. The first-order valence-electron chi connectivity index (χ1n) is 8.89. The predicted molar refractivity (Wildman–Crippen MR) is 93.0 cm³/mol. The molecular weight excluding hydrogens is 381 g/mol. The van der Waals surface area contributed by atoms with Crippen LogP contribution in [0.5, 0.6) is 5.75 Å². The number of para-hydroxylation sites is 1. The SMILES string of the molecule is O=C(C1COCCN1)N1CCCC(Oc2ccccc2)C1.O=C(O)C(F)(F)F. The zero-order valence-corrected chi connectivity index (χ0v) is 15.2. The quantitative estimate of drug-likeness (QED) is 0.797.